The molecule has 0 saturated carbocycles. The Morgan fingerprint density at radius 3 is 2.02 bits per heavy atom. The molecule has 44 heavy (non-hydrogen) atoms. The molecule has 2 aliphatic rings. The number of benzene rings is 3. The predicted molar refractivity (Wildman–Crippen MR) is 144 cm³/mol. The Labute approximate surface area is 248 Å². The van der Waals surface area contributed by atoms with Crippen molar-refractivity contribution in [1.29, 1.82) is 0 Å². The van der Waals surface area contributed by atoms with Gasteiger partial charge in [0, 0.05) is 13.0 Å². The number of tetrazole rings is 1. The second-order valence-corrected chi connectivity index (χ2v) is 11.4. The zero-order chi connectivity index (χ0) is 31.3. The summed E-state index contributed by atoms with van der Waals surface area (Å²) in [6.45, 7) is -0.243. The molecule has 3 heterocycles. The highest BCUT2D eigenvalue weighted by atomic mass is 19.4. The van der Waals surface area contributed by atoms with Gasteiger partial charge < -0.3 is 4.74 Å². The van der Waals surface area contributed by atoms with Crippen LogP contribution in [0.15, 0.2) is 78.9 Å². The van der Waals surface area contributed by atoms with E-state index in [-0.39, 0.29) is 30.3 Å². The number of aromatic nitrogens is 4. The first-order valence-corrected chi connectivity index (χ1v) is 14.0. The maximum Gasteiger partial charge on any atom is 0.416 e. The van der Waals surface area contributed by atoms with Crippen LogP contribution in [-0.2, 0) is 48.5 Å². The van der Waals surface area contributed by atoms with Crippen LogP contribution in [0.5, 0.6) is 0 Å². The standard InChI is InChI=1S/C31H28F7N5O/c1-42-40-27(39-41-42)28(32)19-29(22-10-6-3-7-11-22)26(13-12-25(28)43(29)17-20-8-4-2-5-9-20)44-18-21-14-23(30(33,34)35)16-24(15-21)31(36,37)38/h2-11,14-16,25-26H,12-13,17-19H2,1H3/t25-,26+,28-,29+/m0/s1. The summed E-state index contributed by atoms with van der Waals surface area (Å²) in [7, 11) is 1.53. The summed E-state index contributed by atoms with van der Waals surface area (Å²) in [6.07, 6.45) is -10.4. The van der Waals surface area contributed by atoms with E-state index in [1.54, 1.807) is 18.2 Å². The van der Waals surface area contributed by atoms with E-state index < -0.39 is 53.4 Å². The first-order valence-electron chi connectivity index (χ1n) is 14.0. The molecule has 2 aliphatic heterocycles. The van der Waals surface area contributed by atoms with Crippen molar-refractivity contribution in [3.8, 4) is 0 Å². The van der Waals surface area contributed by atoms with Gasteiger partial charge in [-0.15, -0.1) is 10.2 Å². The number of alkyl halides is 7. The van der Waals surface area contributed by atoms with Crippen LogP contribution in [0.4, 0.5) is 30.7 Å². The zero-order valence-corrected chi connectivity index (χ0v) is 23.5. The van der Waals surface area contributed by atoms with Crippen molar-refractivity contribution in [3.63, 3.8) is 0 Å². The number of piperidine rings is 1. The van der Waals surface area contributed by atoms with Gasteiger partial charge in [-0.05, 0) is 52.9 Å². The van der Waals surface area contributed by atoms with E-state index in [1.807, 2.05) is 47.4 Å². The van der Waals surface area contributed by atoms with Crippen molar-refractivity contribution in [2.45, 2.75) is 68.1 Å². The second kappa shape index (κ2) is 11.0. The Morgan fingerprint density at radius 1 is 0.841 bits per heavy atom. The van der Waals surface area contributed by atoms with Crippen molar-refractivity contribution >= 4 is 0 Å². The lowest BCUT2D eigenvalue weighted by Gasteiger charge is -2.49. The maximum atomic E-state index is 17.5. The smallest absolute Gasteiger partial charge is 0.371 e. The van der Waals surface area contributed by atoms with Crippen LogP contribution in [0.25, 0.3) is 0 Å². The molecule has 1 aromatic heterocycles. The van der Waals surface area contributed by atoms with E-state index in [9.17, 15) is 26.3 Å². The molecular weight excluding hydrogens is 591 g/mol. The van der Waals surface area contributed by atoms with E-state index in [0.29, 0.717) is 30.7 Å². The molecule has 2 fully saturated rings. The monoisotopic (exact) mass is 619 g/mol. The molecule has 4 atom stereocenters. The quantitative estimate of drug-likeness (QED) is 0.210. The van der Waals surface area contributed by atoms with Crippen LogP contribution in [0.1, 0.15) is 52.9 Å². The molecule has 0 radical (unpaired) electrons. The van der Waals surface area contributed by atoms with Crippen molar-refractivity contribution < 1.29 is 35.5 Å². The molecule has 13 heteroatoms. The summed E-state index contributed by atoms with van der Waals surface area (Å²) >= 11 is 0. The summed E-state index contributed by atoms with van der Waals surface area (Å²) in [6, 6.07) is 19.2. The number of halogens is 7. The lowest BCUT2D eigenvalue weighted by Crippen LogP contribution is -2.57. The molecule has 0 amide bonds. The number of ether oxygens (including phenoxy) is 1. The summed E-state index contributed by atoms with van der Waals surface area (Å²) in [5.41, 5.74) is -4.77. The number of hydrogen-bond acceptors (Lipinski definition) is 5. The fraction of sp³-hybridized carbons (Fsp3) is 0.387. The summed E-state index contributed by atoms with van der Waals surface area (Å²) in [5.74, 6) is -0.0887. The molecule has 3 aromatic carbocycles. The molecule has 2 bridgehead atoms. The van der Waals surface area contributed by atoms with Crippen LogP contribution in [0.3, 0.4) is 0 Å². The Balaban J connectivity index is 1.44. The molecule has 0 N–H and O–H groups in total. The number of rotatable bonds is 7. The summed E-state index contributed by atoms with van der Waals surface area (Å²) < 4.78 is 105. The second-order valence-electron chi connectivity index (χ2n) is 11.4. The van der Waals surface area contributed by atoms with Crippen LogP contribution < -0.4 is 0 Å². The van der Waals surface area contributed by atoms with Gasteiger partial charge in [0.25, 0.3) is 0 Å². The lowest BCUT2D eigenvalue weighted by atomic mass is 9.78. The average Bonchev–Trinajstić information content (AvgIpc) is 3.49. The van der Waals surface area contributed by atoms with Gasteiger partial charge in [-0.25, -0.2) is 4.39 Å². The van der Waals surface area contributed by atoms with Gasteiger partial charge in [0.2, 0.25) is 5.82 Å². The van der Waals surface area contributed by atoms with Crippen LogP contribution >= 0.6 is 0 Å². The van der Waals surface area contributed by atoms with Crippen LogP contribution in [-0.4, -0.2) is 37.3 Å². The predicted octanol–water partition coefficient (Wildman–Crippen LogP) is 6.96. The van der Waals surface area contributed by atoms with Gasteiger partial charge in [-0.3, -0.25) is 4.90 Å². The lowest BCUT2D eigenvalue weighted by molar-refractivity contribution is -0.143. The van der Waals surface area contributed by atoms with E-state index in [0.717, 1.165) is 5.56 Å². The van der Waals surface area contributed by atoms with E-state index in [2.05, 4.69) is 15.4 Å². The molecule has 0 aliphatic carbocycles. The van der Waals surface area contributed by atoms with Crippen LogP contribution in [0.2, 0.25) is 0 Å². The van der Waals surface area contributed by atoms with Crippen molar-refractivity contribution in [3.05, 3.63) is 113 Å². The van der Waals surface area contributed by atoms with E-state index >= 15 is 4.39 Å². The number of nitrogens with zero attached hydrogens (tertiary/aromatic N) is 5. The molecule has 6 rings (SSSR count). The average molecular weight is 620 g/mol. The third-order valence-corrected chi connectivity index (χ3v) is 8.63. The third-order valence-electron chi connectivity index (χ3n) is 8.63. The first-order chi connectivity index (χ1) is 20.8. The van der Waals surface area contributed by atoms with Gasteiger partial charge in [0.1, 0.15) is 0 Å². The fourth-order valence-corrected chi connectivity index (χ4v) is 6.78. The van der Waals surface area contributed by atoms with Crippen molar-refractivity contribution in [2.75, 3.05) is 0 Å². The van der Waals surface area contributed by atoms with Gasteiger partial charge in [0.15, 0.2) is 5.67 Å². The van der Waals surface area contributed by atoms with Gasteiger partial charge in [-0.2, -0.15) is 31.1 Å². The molecule has 4 aromatic rings. The van der Waals surface area contributed by atoms with Crippen molar-refractivity contribution in [2.24, 2.45) is 7.05 Å². The Hall–Kier alpha value is -3.84. The molecule has 232 valence electrons. The highest BCUT2D eigenvalue weighted by Gasteiger charge is 2.68. The SMILES string of the molecule is Cn1nnc([C@]2(F)C[C@@]3(c4ccccc4)[C@H](OCc4cc(C(F)(F)F)cc(C(F)(F)F)c4)CC[C@@H]2N3Cc2ccccc2)n1. The zero-order valence-electron chi connectivity index (χ0n) is 23.5. The molecule has 6 nitrogen and oxygen atoms in total. The fourth-order valence-electron chi connectivity index (χ4n) is 6.78. The highest BCUT2D eigenvalue weighted by molar-refractivity contribution is 5.36. The molecular formula is C31H28F7N5O. The summed E-state index contributed by atoms with van der Waals surface area (Å²) in [5, 5.41) is 12.1. The Morgan fingerprint density at radius 2 is 1.45 bits per heavy atom. The normalized spacial score (nSPS) is 25.8. The van der Waals surface area contributed by atoms with Gasteiger partial charge in [0.05, 0.1) is 42.5 Å². The molecule has 0 spiro atoms. The third kappa shape index (κ3) is 5.36. The van der Waals surface area contributed by atoms with Gasteiger partial charge >= 0.3 is 12.4 Å². The van der Waals surface area contributed by atoms with Crippen molar-refractivity contribution in [1.82, 2.24) is 25.1 Å². The summed E-state index contributed by atoms with van der Waals surface area (Å²) in [4.78, 5) is 3.17. The first kappa shape index (κ1) is 30.2. The maximum absolute atomic E-state index is 17.5. The van der Waals surface area contributed by atoms with Gasteiger partial charge in [-0.1, -0.05) is 60.7 Å². The minimum absolute atomic E-state index is 0.0874. The van der Waals surface area contributed by atoms with Crippen LogP contribution in [0, 0.1) is 0 Å². The van der Waals surface area contributed by atoms with E-state index in [1.165, 1.54) is 11.8 Å². The van der Waals surface area contributed by atoms with E-state index in [4.69, 9.17) is 4.74 Å². The highest BCUT2D eigenvalue weighted by Crippen LogP contribution is 2.60. The minimum atomic E-state index is -4.99. The molecule has 0 unspecified atom stereocenters. The largest absolute Gasteiger partial charge is 0.416 e. The number of fused-ring (bicyclic) bond motifs is 2. The Bertz CT molecular complexity index is 1580. The Kier molecular flexibility index (Phi) is 7.52. The number of hydrogen-bond donors (Lipinski definition) is 0. The molecule has 2 saturated heterocycles. The topological polar surface area (TPSA) is 56.1 Å². The minimum Gasteiger partial charge on any atom is -0.371 e. The number of aryl methyl sites for hydroxylation is 1.